The summed E-state index contributed by atoms with van der Waals surface area (Å²) in [6.45, 7) is 2.70. The highest BCUT2D eigenvalue weighted by Gasteiger charge is 2.29. The van der Waals surface area contributed by atoms with Crippen molar-refractivity contribution in [1.29, 1.82) is 0 Å². The maximum absolute atomic E-state index is 11.8. The fourth-order valence-corrected chi connectivity index (χ4v) is 1.97. The molecule has 0 bridgehead atoms. The highest BCUT2D eigenvalue weighted by Crippen LogP contribution is 2.26. The average Bonchev–Trinajstić information content (AvgIpc) is 2.61. The Morgan fingerprint density at radius 2 is 2.35 bits per heavy atom. The first-order chi connectivity index (χ1) is 8.11. The van der Waals surface area contributed by atoms with Gasteiger partial charge < -0.3 is 15.0 Å². The smallest absolute Gasteiger partial charge is 0.244 e. The van der Waals surface area contributed by atoms with Crippen LogP contribution in [0.4, 0.5) is 5.69 Å². The van der Waals surface area contributed by atoms with Gasteiger partial charge in [-0.2, -0.15) is 0 Å². The van der Waals surface area contributed by atoms with Crippen molar-refractivity contribution in [1.82, 2.24) is 9.88 Å². The van der Waals surface area contributed by atoms with Gasteiger partial charge >= 0.3 is 0 Å². The van der Waals surface area contributed by atoms with Crippen molar-refractivity contribution in [3.05, 3.63) is 18.0 Å². The summed E-state index contributed by atoms with van der Waals surface area (Å²) in [6.07, 6.45) is 2.49. The minimum atomic E-state index is -0.157. The van der Waals surface area contributed by atoms with Crippen LogP contribution in [-0.4, -0.2) is 42.5 Å². The molecule has 17 heavy (non-hydrogen) atoms. The number of carbonyl (C=O) groups excluding carboxylic acids is 1. The number of pyridine rings is 1. The quantitative estimate of drug-likeness (QED) is 0.850. The first kappa shape index (κ1) is 11.7. The van der Waals surface area contributed by atoms with Gasteiger partial charge in [-0.15, -0.1) is 0 Å². The third kappa shape index (κ3) is 2.33. The molecule has 1 aliphatic heterocycles. The molecule has 1 aliphatic rings. The number of hydrogen-bond acceptors (Lipinski definition) is 4. The minimum absolute atomic E-state index is 0.126. The Hall–Kier alpha value is -1.78. The fraction of sp³-hybridized carbons (Fsp3) is 0.500. The van der Waals surface area contributed by atoms with E-state index in [9.17, 15) is 4.79 Å². The summed E-state index contributed by atoms with van der Waals surface area (Å²) >= 11 is 0. The standard InChI is InChI=1S/C12H17N3O2/c1-8-6-10(11(17-3)7-13-8)14-9-4-5-15(2)12(9)16/h6-7,9H,4-5H2,1-3H3,(H,13,14). The van der Waals surface area contributed by atoms with Gasteiger partial charge in [0.05, 0.1) is 19.0 Å². The number of carbonyl (C=O) groups is 1. The van der Waals surface area contributed by atoms with Crippen LogP contribution in [0.2, 0.25) is 0 Å². The molecule has 1 amide bonds. The van der Waals surface area contributed by atoms with Gasteiger partial charge in [-0.3, -0.25) is 9.78 Å². The van der Waals surface area contributed by atoms with E-state index in [-0.39, 0.29) is 11.9 Å². The van der Waals surface area contributed by atoms with E-state index >= 15 is 0 Å². The maximum Gasteiger partial charge on any atom is 0.244 e. The fourth-order valence-electron chi connectivity index (χ4n) is 1.97. The molecule has 92 valence electrons. The Bertz CT molecular complexity index is 434. The number of amides is 1. The summed E-state index contributed by atoms with van der Waals surface area (Å²) in [6, 6.07) is 1.74. The zero-order chi connectivity index (χ0) is 12.4. The monoisotopic (exact) mass is 235 g/mol. The van der Waals surface area contributed by atoms with Crippen LogP contribution in [0.25, 0.3) is 0 Å². The van der Waals surface area contributed by atoms with E-state index < -0.39 is 0 Å². The second-order valence-electron chi connectivity index (χ2n) is 4.27. The normalized spacial score (nSPS) is 19.6. The van der Waals surface area contributed by atoms with Crippen molar-refractivity contribution >= 4 is 11.6 Å². The van der Waals surface area contributed by atoms with Crippen molar-refractivity contribution < 1.29 is 9.53 Å². The molecular formula is C12H17N3O2. The predicted octanol–water partition coefficient (Wildman–Crippen LogP) is 1.04. The summed E-state index contributed by atoms with van der Waals surface area (Å²) in [5, 5.41) is 3.23. The van der Waals surface area contributed by atoms with Crippen LogP contribution in [0.15, 0.2) is 12.3 Å². The second kappa shape index (κ2) is 4.61. The van der Waals surface area contributed by atoms with Crippen LogP contribution in [0.5, 0.6) is 5.75 Å². The lowest BCUT2D eigenvalue weighted by atomic mass is 10.2. The van der Waals surface area contributed by atoms with Gasteiger partial charge in [0.15, 0.2) is 5.75 Å². The van der Waals surface area contributed by atoms with Crippen molar-refractivity contribution in [3.63, 3.8) is 0 Å². The zero-order valence-corrected chi connectivity index (χ0v) is 10.4. The SMILES string of the molecule is COc1cnc(C)cc1NC1CCN(C)C1=O. The Morgan fingerprint density at radius 3 is 2.94 bits per heavy atom. The van der Waals surface area contributed by atoms with Gasteiger partial charge in [-0.05, 0) is 19.4 Å². The lowest BCUT2D eigenvalue weighted by Gasteiger charge is -2.16. The van der Waals surface area contributed by atoms with Gasteiger partial charge in [0.2, 0.25) is 5.91 Å². The first-order valence-corrected chi connectivity index (χ1v) is 5.64. The average molecular weight is 235 g/mol. The zero-order valence-electron chi connectivity index (χ0n) is 10.4. The number of methoxy groups -OCH3 is 1. The van der Waals surface area contributed by atoms with E-state index in [1.165, 1.54) is 0 Å². The van der Waals surface area contributed by atoms with Gasteiger partial charge in [0.25, 0.3) is 0 Å². The molecule has 0 radical (unpaired) electrons. The summed E-state index contributed by atoms with van der Waals surface area (Å²) < 4.78 is 5.22. The first-order valence-electron chi connectivity index (χ1n) is 5.64. The molecule has 1 saturated heterocycles. The molecule has 1 unspecified atom stereocenters. The van der Waals surface area contributed by atoms with Gasteiger partial charge in [0, 0.05) is 19.3 Å². The molecule has 0 spiro atoms. The number of hydrogen-bond donors (Lipinski definition) is 1. The summed E-state index contributed by atoms with van der Waals surface area (Å²) in [5.74, 6) is 0.791. The number of ether oxygens (including phenoxy) is 1. The number of likely N-dealkylation sites (N-methyl/N-ethyl adjacent to an activating group) is 1. The number of aryl methyl sites for hydroxylation is 1. The topological polar surface area (TPSA) is 54.5 Å². The third-order valence-electron chi connectivity index (χ3n) is 2.98. The highest BCUT2D eigenvalue weighted by atomic mass is 16.5. The van der Waals surface area contributed by atoms with E-state index in [4.69, 9.17) is 4.74 Å². The molecule has 1 aromatic rings. The largest absolute Gasteiger partial charge is 0.493 e. The lowest BCUT2D eigenvalue weighted by molar-refractivity contribution is -0.127. The Morgan fingerprint density at radius 1 is 1.59 bits per heavy atom. The van der Waals surface area contributed by atoms with Crippen LogP contribution in [0, 0.1) is 6.92 Å². The number of likely N-dealkylation sites (tertiary alicyclic amines) is 1. The van der Waals surface area contributed by atoms with E-state index in [1.807, 2.05) is 20.0 Å². The molecule has 0 aliphatic carbocycles. The predicted molar refractivity (Wildman–Crippen MR) is 65.2 cm³/mol. The second-order valence-corrected chi connectivity index (χ2v) is 4.27. The molecule has 2 rings (SSSR count). The molecule has 5 heteroatoms. The maximum atomic E-state index is 11.8. The Labute approximate surface area is 101 Å². The van der Waals surface area contributed by atoms with Crippen LogP contribution in [0.1, 0.15) is 12.1 Å². The van der Waals surface area contributed by atoms with E-state index in [0.717, 1.165) is 24.3 Å². The van der Waals surface area contributed by atoms with Gasteiger partial charge in [-0.25, -0.2) is 0 Å². The van der Waals surface area contributed by atoms with Gasteiger partial charge in [-0.1, -0.05) is 0 Å². The molecule has 1 N–H and O–H groups in total. The molecule has 5 nitrogen and oxygen atoms in total. The molecule has 0 aromatic carbocycles. The van der Waals surface area contributed by atoms with Crippen molar-refractivity contribution in [3.8, 4) is 5.75 Å². The van der Waals surface area contributed by atoms with Crippen molar-refractivity contribution in [2.75, 3.05) is 26.0 Å². The lowest BCUT2D eigenvalue weighted by Crippen LogP contribution is -2.31. The third-order valence-corrected chi connectivity index (χ3v) is 2.98. The van der Waals surface area contributed by atoms with Crippen molar-refractivity contribution in [2.45, 2.75) is 19.4 Å². The Kier molecular flexibility index (Phi) is 3.17. The molecule has 1 fully saturated rings. The summed E-state index contributed by atoms with van der Waals surface area (Å²) in [4.78, 5) is 17.7. The van der Waals surface area contributed by atoms with Crippen LogP contribution < -0.4 is 10.1 Å². The van der Waals surface area contributed by atoms with Crippen LogP contribution in [0.3, 0.4) is 0 Å². The summed E-state index contributed by atoms with van der Waals surface area (Å²) in [5.41, 5.74) is 1.72. The van der Waals surface area contributed by atoms with Crippen LogP contribution >= 0.6 is 0 Å². The molecule has 1 aromatic heterocycles. The Balaban J connectivity index is 2.18. The number of nitrogens with one attached hydrogen (secondary N) is 1. The number of rotatable bonds is 3. The minimum Gasteiger partial charge on any atom is -0.493 e. The number of aromatic nitrogens is 1. The van der Waals surface area contributed by atoms with Gasteiger partial charge in [0.1, 0.15) is 6.04 Å². The van der Waals surface area contributed by atoms with E-state index in [2.05, 4.69) is 10.3 Å². The van der Waals surface area contributed by atoms with E-state index in [1.54, 1.807) is 18.2 Å². The highest BCUT2D eigenvalue weighted by molar-refractivity contribution is 5.86. The van der Waals surface area contributed by atoms with E-state index in [0.29, 0.717) is 5.75 Å². The molecule has 1 atom stereocenters. The molecular weight excluding hydrogens is 218 g/mol. The van der Waals surface area contributed by atoms with Crippen LogP contribution in [-0.2, 0) is 4.79 Å². The molecule has 2 heterocycles. The molecule has 0 saturated carbocycles. The number of nitrogens with zero attached hydrogens (tertiary/aromatic N) is 2. The summed E-state index contributed by atoms with van der Waals surface area (Å²) in [7, 11) is 3.42. The van der Waals surface area contributed by atoms with Crippen molar-refractivity contribution in [2.24, 2.45) is 0 Å². The number of anilines is 1.